The van der Waals surface area contributed by atoms with E-state index in [1.54, 1.807) is 0 Å². The summed E-state index contributed by atoms with van der Waals surface area (Å²) in [5, 5.41) is 9.49. The Balaban J connectivity index is 1.99. The van der Waals surface area contributed by atoms with Gasteiger partial charge in [0.05, 0.1) is 11.5 Å². The molecule has 0 saturated heterocycles. The highest BCUT2D eigenvalue weighted by Gasteiger charge is 2.25. The molecule has 0 saturated carbocycles. The molecule has 0 aliphatic carbocycles. The van der Waals surface area contributed by atoms with Crippen molar-refractivity contribution in [3.63, 3.8) is 0 Å². The molecule has 0 heterocycles. The molecule has 1 nitrogen and oxygen atoms in total. The molecule has 0 radical (unpaired) electrons. The first kappa shape index (κ1) is 13.4. The Kier molecular flexibility index (Phi) is 4.36. The van der Waals surface area contributed by atoms with Crippen molar-refractivity contribution in [1.29, 1.82) is 5.26 Å². The molecule has 0 aliphatic rings. The Morgan fingerprint density at radius 3 is 2.11 bits per heavy atom. The molecule has 0 spiro atoms. The van der Waals surface area contributed by atoms with Crippen LogP contribution in [0.5, 0.6) is 0 Å². The standard InChI is InChI=1S/C18H19N/c1-18(15-19,17-12-6-3-7-13-17)14-8-11-16-9-4-2-5-10-16/h2-7,9-10,12-13H,8,11,14H2,1H3. The maximum Gasteiger partial charge on any atom is 0.0794 e. The first-order valence-corrected chi connectivity index (χ1v) is 6.75. The Bertz CT molecular complexity index is 539. The van der Waals surface area contributed by atoms with Gasteiger partial charge in [-0.25, -0.2) is 0 Å². The topological polar surface area (TPSA) is 23.8 Å². The van der Waals surface area contributed by atoms with E-state index in [4.69, 9.17) is 0 Å². The van der Waals surface area contributed by atoms with Crippen molar-refractivity contribution < 1.29 is 0 Å². The van der Waals surface area contributed by atoms with E-state index < -0.39 is 0 Å². The average Bonchev–Trinajstić information content (AvgIpc) is 2.49. The molecular weight excluding hydrogens is 230 g/mol. The lowest BCUT2D eigenvalue weighted by Crippen LogP contribution is -2.19. The van der Waals surface area contributed by atoms with Crippen molar-refractivity contribution in [2.24, 2.45) is 0 Å². The van der Waals surface area contributed by atoms with Crippen molar-refractivity contribution in [3.8, 4) is 6.07 Å². The maximum absolute atomic E-state index is 9.49. The molecule has 1 heteroatoms. The van der Waals surface area contributed by atoms with Crippen molar-refractivity contribution in [1.82, 2.24) is 0 Å². The summed E-state index contributed by atoms with van der Waals surface area (Å²) in [4.78, 5) is 0. The SMILES string of the molecule is CC(C#N)(CCCc1ccccc1)c1ccccc1. The smallest absolute Gasteiger partial charge is 0.0794 e. The highest BCUT2D eigenvalue weighted by Crippen LogP contribution is 2.28. The molecule has 19 heavy (non-hydrogen) atoms. The van der Waals surface area contributed by atoms with Gasteiger partial charge in [-0.1, -0.05) is 60.7 Å². The molecule has 0 aromatic heterocycles. The Morgan fingerprint density at radius 2 is 1.53 bits per heavy atom. The minimum Gasteiger partial charge on any atom is -0.197 e. The number of aryl methyl sites for hydroxylation is 1. The molecule has 1 unspecified atom stereocenters. The fourth-order valence-corrected chi connectivity index (χ4v) is 2.36. The van der Waals surface area contributed by atoms with Gasteiger partial charge in [0, 0.05) is 0 Å². The van der Waals surface area contributed by atoms with Crippen LogP contribution in [0, 0.1) is 11.3 Å². The zero-order valence-corrected chi connectivity index (χ0v) is 11.3. The lowest BCUT2D eigenvalue weighted by atomic mass is 9.79. The van der Waals surface area contributed by atoms with Crippen molar-refractivity contribution >= 4 is 0 Å². The van der Waals surface area contributed by atoms with E-state index in [0.717, 1.165) is 24.8 Å². The predicted molar refractivity (Wildman–Crippen MR) is 78.8 cm³/mol. The largest absolute Gasteiger partial charge is 0.197 e. The fraction of sp³-hybridized carbons (Fsp3) is 0.278. The first-order chi connectivity index (χ1) is 9.24. The summed E-state index contributed by atoms with van der Waals surface area (Å²) in [6.45, 7) is 2.04. The second-order valence-electron chi connectivity index (χ2n) is 5.15. The minimum absolute atomic E-state index is 0.379. The summed E-state index contributed by atoms with van der Waals surface area (Å²) in [5.41, 5.74) is 2.08. The van der Waals surface area contributed by atoms with Crippen LogP contribution in [0.1, 0.15) is 30.9 Å². The van der Waals surface area contributed by atoms with E-state index in [1.807, 2.05) is 43.3 Å². The summed E-state index contributed by atoms with van der Waals surface area (Å²) in [5.74, 6) is 0. The quantitative estimate of drug-likeness (QED) is 0.766. The van der Waals surface area contributed by atoms with Crippen molar-refractivity contribution in [2.45, 2.75) is 31.6 Å². The summed E-state index contributed by atoms with van der Waals surface area (Å²) in [6, 6.07) is 23.0. The predicted octanol–water partition coefficient (Wildman–Crippen LogP) is 4.49. The molecule has 0 bridgehead atoms. The van der Waals surface area contributed by atoms with E-state index in [2.05, 4.69) is 30.3 Å². The van der Waals surface area contributed by atoms with Gasteiger partial charge in [0.25, 0.3) is 0 Å². The normalized spacial score (nSPS) is 13.5. The number of nitrogens with zero attached hydrogens (tertiary/aromatic N) is 1. The third-order valence-electron chi connectivity index (χ3n) is 3.64. The number of rotatable bonds is 5. The third-order valence-corrected chi connectivity index (χ3v) is 3.64. The first-order valence-electron chi connectivity index (χ1n) is 6.75. The van der Waals surface area contributed by atoms with E-state index in [9.17, 15) is 5.26 Å². The van der Waals surface area contributed by atoms with Gasteiger partial charge < -0.3 is 0 Å². The monoisotopic (exact) mass is 249 g/mol. The molecular formula is C18H19N. The van der Waals surface area contributed by atoms with E-state index >= 15 is 0 Å². The van der Waals surface area contributed by atoms with E-state index in [-0.39, 0.29) is 5.41 Å². The molecule has 96 valence electrons. The van der Waals surface area contributed by atoms with Crippen LogP contribution in [-0.2, 0) is 11.8 Å². The van der Waals surface area contributed by atoms with Crippen LogP contribution < -0.4 is 0 Å². The summed E-state index contributed by atoms with van der Waals surface area (Å²) < 4.78 is 0. The molecule has 0 fully saturated rings. The van der Waals surface area contributed by atoms with Crippen LogP contribution in [0.25, 0.3) is 0 Å². The van der Waals surface area contributed by atoms with Gasteiger partial charge >= 0.3 is 0 Å². The maximum atomic E-state index is 9.49. The summed E-state index contributed by atoms with van der Waals surface area (Å²) in [6.07, 6.45) is 2.95. The molecule has 2 rings (SSSR count). The lowest BCUT2D eigenvalue weighted by Gasteiger charge is -2.22. The zero-order chi connectivity index (χ0) is 13.6. The van der Waals surface area contributed by atoms with Crippen LogP contribution in [0.2, 0.25) is 0 Å². The zero-order valence-electron chi connectivity index (χ0n) is 11.3. The van der Waals surface area contributed by atoms with Gasteiger partial charge in [-0.15, -0.1) is 0 Å². The highest BCUT2D eigenvalue weighted by molar-refractivity contribution is 5.31. The summed E-state index contributed by atoms with van der Waals surface area (Å²) >= 11 is 0. The van der Waals surface area contributed by atoms with Gasteiger partial charge in [-0.05, 0) is 37.3 Å². The van der Waals surface area contributed by atoms with Crippen molar-refractivity contribution in [2.75, 3.05) is 0 Å². The van der Waals surface area contributed by atoms with Crippen LogP contribution in [0.3, 0.4) is 0 Å². The molecule has 0 aliphatic heterocycles. The molecule has 0 amide bonds. The van der Waals surface area contributed by atoms with Gasteiger partial charge in [-0.2, -0.15) is 5.26 Å². The molecule has 2 aromatic rings. The average molecular weight is 249 g/mol. The third kappa shape index (κ3) is 3.45. The number of hydrogen-bond acceptors (Lipinski definition) is 1. The molecule has 1 atom stereocenters. The Morgan fingerprint density at radius 1 is 0.947 bits per heavy atom. The second kappa shape index (κ2) is 6.20. The van der Waals surface area contributed by atoms with Crippen LogP contribution in [-0.4, -0.2) is 0 Å². The van der Waals surface area contributed by atoms with Gasteiger partial charge in [0.15, 0.2) is 0 Å². The van der Waals surface area contributed by atoms with E-state index in [0.29, 0.717) is 0 Å². The van der Waals surface area contributed by atoms with Gasteiger partial charge in [0.1, 0.15) is 0 Å². The summed E-state index contributed by atoms with van der Waals surface area (Å²) in [7, 11) is 0. The Labute approximate surface area is 115 Å². The fourth-order valence-electron chi connectivity index (χ4n) is 2.36. The number of hydrogen-bond donors (Lipinski definition) is 0. The van der Waals surface area contributed by atoms with Crippen LogP contribution >= 0.6 is 0 Å². The number of benzene rings is 2. The van der Waals surface area contributed by atoms with E-state index in [1.165, 1.54) is 5.56 Å². The van der Waals surface area contributed by atoms with Gasteiger partial charge in [-0.3, -0.25) is 0 Å². The lowest BCUT2D eigenvalue weighted by molar-refractivity contribution is 0.527. The van der Waals surface area contributed by atoms with Gasteiger partial charge in [0.2, 0.25) is 0 Å². The van der Waals surface area contributed by atoms with Crippen LogP contribution in [0.15, 0.2) is 60.7 Å². The highest BCUT2D eigenvalue weighted by atomic mass is 14.4. The van der Waals surface area contributed by atoms with Crippen molar-refractivity contribution in [3.05, 3.63) is 71.8 Å². The minimum atomic E-state index is -0.379. The Hall–Kier alpha value is -2.07. The molecule has 2 aromatic carbocycles. The number of nitriles is 1. The second-order valence-corrected chi connectivity index (χ2v) is 5.15. The van der Waals surface area contributed by atoms with Crippen LogP contribution in [0.4, 0.5) is 0 Å². The molecule has 0 N–H and O–H groups in total.